The van der Waals surface area contributed by atoms with Gasteiger partial charge >= 0.3 is 0 Å². The van der Waals surface area contributed by atoms with Crippen molar-refractivity contribution >= 4 is 5.91 Å². The molecule has 0 spiro atoms. The van der Waals surface area contributed by atoms with Gasteiger partial charge in [-0.1, -0.05) is 0 Å². The van der Waals surface area contributed by atoms with Crippen LogP contribution in [0.15, 0.2) is 22.8 Å². The summed E-state index contributed by atoms with van der Waals surface area (Å²) in [4.78, 5) is 12.0. The maximum atomic E-state index is 12.0. The van der Waals surface area contributed by atoms with Crippen molar-refractivity contribution in [1.82, 2.24) is 10.6 Å². The number of fused-ring (bicyclic) bond motifs is 1. The molecule has 1 amide bonds. The Labute approximate surface area is 112 Å². The van der Waals surface area contributed by atoms with E-state index in [4.69, 9.17) is 9.15 Å². The first kappa shape index (κ1) is 12.7. The number of rotatable bonds is 4. The highest BCUT2D eigenvalue weighted by Crippen LogP contribution is 2.31. The number of carbonyl (C=O) groups is 1. The molecule has 0 radical (unpaired) electrons. The molecular formula is C14H20N2O3. The lowest BCUT2D eigenvalue weighted by atomic mass is 9.81. The summed E-state index contributed by atoms with van der Waals surface area (Å²) < 4.78 is 10.8. The van der Waals surface area contributed by atoms with Crippen LogP contribution in [0, 0.1) is 17.8 Å². The van der Waals surface area contributed by atoms with E-state index in [0.29, 0.717) is 37.3 Å². The smallest absolute Gasteiger partial charge is 0.220 e. The Morgan fingerprint density at radius 3 is 3.21 bits per heavy atom. The summed E-state index contributed by atoms with van der Waals surface area (Å²) in [6.07, 6.45) is 2.16. The average molecular weight is 264 g/mol. The molecule has 1 aromatic heterocycles. The Kier molecular flexibility index (Phi) is 3.84. The van der Waals surface area contributed by atoms with Crippen LogP contribution >= 0.6 is 0 Å². The first-order valence-corrected chi connectivity index (χ1v) is 6.90. The fraction of sp³-hybridized carbons (Fsp3) is 0.643. The van der Waals surface area contributed by atoms with E-state index >= 15 is 0 Å². The minimum absolute atomic E-state index is 0.0811. The van der Waals surface area contributed by atoms with Gasteiger partial charge in [-0.3, -0.25) is 4.79 Å². The summed E-state index contributed by atoms with van der Waals surface area (Å²) >= 11 is 0. The highest BCUT2D eigenvalue weighted by atomic mass is 16.5. The van der Waals surface area contributed by atoms with Crippen molar-refractivity contribution < 1.29 is 13.9 Å². The molecule has 19 heavy (non-hydrogen) atoms. The van der Waals surface area contributed by atoms with Gasteiger partial charge in [0.25, 0.3) is 0 Å². The minimum atomic E-state index is 0.0811. The van der Waals surface area contributed by atoms with Crippen LogP contribution in [0.1, 0.15) is 12.2 Å². The lowest BCUT2D eigenvalue weighted by molar-refractivity contribution is -0.124. The lowest BCUT2D eigenvalue weighted by Crippen LogP contribution is -2.38. The van der Waals surface area contributed by atoms with Crippen LogP contribution < -0.4 is 10.6 Å². The summed E-state index contributed by atoms with van der Waals surface area (Å²) in [7, 11) is 0. The molecule has 0 saturated carbocycles. The third-order valence-electron chi connectivity index (χ3n) is 4.15. The monoisotopic (exact) mass is 264 g/mol. The van der Waals surface area contributed by atoms with Gasteiger partial charge < -0.3 is 19.8 Å². The van der Waals surface area contributed by atoms with Crippen LogP contribution in [0.3, 0.4) is 0 Å². The molecule has 1 aromatic rings. The summed E-state index contributed by atoms with van der Waals surface area (Å²) in [5, 5.41) is 6.30. The van der Waals surface area contributed by atoms with Crippen molar-refractivity contribution in [3.63, 3.8) is 0 Å². The summed E-state index contributed by atoms with van der Waals surface area (Å²) in [5.74, 6) is 2.37. The zero-order chi connectivity index (χ0) is 13.1. The Morgan fingerprint density at radius 2 is 2.37 bits per heavy atom. The van der Waals surface area contributed by atoms with Crippen molar-refractivity contribution in [3.05, 3.63) is 24.2 Å². The van der Waals surface area contributed by atoms with Gasteiger partial charge in [0.1, 0.15) is 5.76 Å². The molecule has 104 valence electrons. The Bertz CT molecular complexity index is 418. The number of ether oxygens (including phenoxy) is 1. The SMILES string of the molecule is O=C(C[C@@H]1COC[C@H]2CNC[C@H]21)NCc1ccco1. The molecule has 5 nitrogen and oxygen atoms in total. The van der Waals surface area contributed by atoms with E-state index in [1.807, 2.05) is 12.1 Å². The van der Waals surface area contributed by atoms with Gasteiger partial charge in [0.2, 0.25) is 5.91 Å². The van der Waals surface area contributed by atoms with Crippen LogP contribution in [-0.2, 0) is 16.1 Å². The van der Waals surface area contributed by atoms with Gasteiger partial charge in [-0.2, -0.15) is 0 Å². The third-order valence-corrected chi connectivity index (χ3v) is 4.15. The first-order valence-electron chi connectivity index (χ1n) is 6.90. The normalized spacial score (nSPS) is 30.0. The predicted molar refractivity (Wildman–Crippen MR) is 69.3 cm³/mol. The van der Waals surface area contributed by atoms with Crippen LogP contribution in [0.25, 0.3) is 0 Å². The summed E-state index contributed by atoms with van der Waals surface area (Å²) in [6, 6.07) is 3.69. The largest absolute Gasteiger partial charge is 0.467 e. The fourth-order valence-electron chi connectivity index (χ4n) is 3.10. The molecule has 0 unspecified atom stereocenters. The molecule has 0 bridgehead atoms. The maximum absolute atomic E-state index is 12.0. The molecule has 5 heteroatoms. The van der Waals surface area contributed by atoms with E-state index < -0.39 is 0 Å². The highest BCUT2D eigenvalue weighted by molar-refractivity contribution is 5.76. The van der Waals surface area contributed by atoms with Crippen molar-refractivity contribution in [1.29, 1.82) is 0 Å². The Hall–Kier alpha value is -1.33. The summed E-state index contributed by atoms with van der Waals surface area (Å²) in [5.41, 5.74) is 0. The second-order valence-electron chi connectivity index (χ2n) is 5.44. The van der Waals surface area contributed by atoms with E-state index in [1.165, 1.54) is 0 Å². The number of amides is 1. The van der Waals surface area contributed by atoms with Crippen LogP contribution in [0.5, 0.6) is 0 Å². The van der Waals surface area contributed by atoms with Crippen LogP contribution in [0.2, 0.25) is 0 Å². The minimum Gasteiger partial charge on any atom is -0.467 e. The van der Waals surface area contributed by atoms with Gasteiger partial charge in [0.15, 0.2) is 0 Å². The lowest BCUT2D eigenvalue weighted by Gasteiger charge is -2.32. The number of hydrogen-bond acceptors (Lipinski definition) is 4. The molecule has 2 aliphatic heterocycles. The molecule has 2 saturated heterocycles. The molecule has 2 fully saturated rings. The Balaban J connectivity index is 1.48. The van der Waals surface area contributed by atoms with Gasteiger partial charge in [-0.05, 0) is 36.4 Å². The van der Waals surface area contributed by atoms with Gasteiger partial charge in [-0.25, -0.2) is 0 Å². The molecule has 2 N–H and O–H groups in total. The van der Waals surface area contributed by atoms with Crippen LogP contribution in [-0.4, -0.2) is 32.2 Å². The average Bonchev–Trinajstić information content (AvgIpc) is 3.08. The molecule has 3 atom stereocenters. The Morgan fingerprint density at radius 1 is 1.42 bits per heavy atom. The zero-order valence-corrected chi connectivity index (χ0v) is 10.9. The summed E-state index contributed by atoms with van der Waals surface area (Å²) in [6.45, 7) is 4.05. The van der Waals surface area contributed by atoms with Crippen molar-refractivity contribution in [2.75, 3.05) is 26.3 Å². The molecule has 0 aliphatic carbocycles. The number of nitrogens with one attached hydrogen (secondary N) is 2. The topological polar surface area (TPSA) is 63.5 Å². The van der Waals surface area contributed by atoms with Crippen LogP contribution in [0.4, 0.5) is 0 Å². The van der Waals surface area contributed by atoms with E-state index in [2.05, 4.69) is 10.6 Å². The van der Waals surface area contributed by atoms with Gasteiger partial charge in [-0.15, -0.1) is 0 Å². The van der Waals surface area contributed by atoms with Gasteiger partial charge in [0, 0.05) is 13.0 Å². The van der Waals surface area contributed by atoms with E-state index in [1.54, 1.807) is 6.26 Å². The number of carbonyl (C=O) groups excluding carboxylic acids is 1. The van der Waals surface area contributed by atoms with E-state index in [-0.39, 0.29) is 5.91 Å². The number of furan rings is 1. The predicted octanol–water partition coefficient (Wildman–Crippen LogP) is 0.768. The zero-order valence-electron chi connectivity index (χ0n) is 10.9. The van der Waals surface area contributed by atoms with Crippen molar-refractivity contribution in [2.45, 2.75) is 13.0 Å². The number of hydrogen-bond donors (Lipinski definition) is 2. The van der Waals surface area contributed by atoms with Crippen molar-refractivity contribution in [3.8, 4) is 0 Å². The molecule has 2 aliphatic rings. The standard InChI is InChI=1S/C14H20N2O3/c17-14(16-6-12-2-1-3-19-12)4-10-8-18-9-11-5-15-7-13(10)11/h1-3,10-11,13,15H,4-9H2,(H,16,17)/t10-,11-,13+/m1/s1. The van der Waals surface area contributed by atoms with E-state index in [0.717, 1.165) is 25.5 Å². The molecular weight excluding hydrogens is 244 g/mol. The second-order valence-corrected chi connectivity index (χ2v) is 5.44. The quantitative estimate of drug-likeness (QED) is 0.843. The third kappa shape index (κ3) is 2.98. The second kappa shape index (κ2) is 5.75. The molecule has 3 rings (SSSR count). The molecule has 3 heterocycles. The van der Waals surface area contributed by atoms with E-state index in [9.17, 15) is 4.79 Å². The highest BCUT2D eigenvalue weighted by Gasteiger charge is 2.37. The first-order chi connectivity index (χ1) is 9.33. The maximum Gasteiger partial charge on any atom is 0.220 e. The van der Waals surface area contributed by atoms with Crippen molar-refractivity contribution in [2.24, 2.45) is 17.8 Å². The fourth-order valence-corrected chi connectivity index (χ4v) is 3.10. The molecule has 0 aromatic carbocycles. The van der Waals surface area contributed by atoms with Gasteiger partial charge in [0.05, 0.1) is 26.0 Å².